The average Bonchev–Trinajstić information content (AvgIpc) is 2.69. The van der Waals surface area contributed by atoms with Crippen molar-refractivity contribution >= 4 is 22.5 Å². The summed E-state index contributed by atoms with van der Waals surface area (Å²) in [5.41, 5.74) is 1.12. The first kappa shape index (κ1) is 10.5. The fraction of sp³-hybridized carbons (Fsp3) is 0.0833. The van der Waals surface area contributed by atoms with E-state index in [1.807, 2.05) is 30.3 Å². The lowest BCUT2D eigenvalue weighted by Gasteiger charge is -2.05. The van der Waals surface area contributed by atoms with Crippen LogP contribution in [0.2, 0.25) is 0 Å². The van der Waals surface area contributed by atoms with E-state index in [-0.39, 0.29) is 5.56 Å². The molecular weight excluding hydrogens is 230 g/mol. The highest BCUT2D eigenvalue weighted by Crippen LogP contribution is 2.21. The minimum Gasteiger partial charge on any atom is -0.340 e. The zero-order chi connectivity index (χ0) is 12.5. The molecule has 2 aromatic heterocycles. The molecule has 2 heterocycles. The lowest BCUT2D eigenvalue weighted by Crippen LogP contribution is -2.07. The van der Waals surface area contributed by atoms with Crippen LogP contribution in [0.25, 0.3) is 11.0 Å². The number of aromatic nitrogens is 4. The molecule has 0 saturated heterocycles. The topological polar surface area (TPSA) is 75.6 Å². The molecule has 0 amide bonds. The third-order valence-electron chi connectivity index (χ3n) is 2.67. The molecule has 0 aliphatic carbocycles. The first-order valence-corrected chi connectivity index (χ1v) is 5.48. The van der Waals surface area contributed by atoms with Gasteiger partial charge >= 0.3 is 0 Å². The molecule has 90 valence electrons. The molecule has 6 nitrogen and oxygen atoms in total. The van der Waals surface area contributed by atoms with Crippen molar-refractivity contribution in [2.24, 2.45) is 7.05 Å². The minimum atomic E-state index is -0.202. The van der Waals surface area contributed by atoms with Crippen LogP contribution in [-0.2, 0) is 7.05 Å². The van der Waals surface area contributed by atoms with Crippen LogP contribution in [0.1, 0.15) is 0 Å². The molecule has 0 unspecified atom stereocenters. The summed E-state index contributed by atoms with van der Waals surface area (Å²) < 4.78 is 1.61. The maximum Gasteiger partial charge on any atom is 0.264 e. The Bertz CT molecular complexity index is 744. The van der Waals surface area contributed by atoms with Gasteiger partial charge in [-0.05, 0) is 12.1 Å². The number of hydrogen-bond donors (Lipinski definition) is 2. The zero-order valence-corrected chi connectivity index (χ0v) is 9.71. The summed E-state index contributed by atoms with van der Waals surface area (Å²) in [4.78, 5) is 18.4. The van der Waals surface area contributed by atoms with Crippen LogP contribution in [0.4, 0.5) is 11.5 Å². The fourth-order valence-electron chi connectivity index (χ4n) is 1.84. The van der Waals surface area contributed by atoms with Gasteiger partial charge in [0.05, 0.1) is 6.33 Å². The predicted octanol–water partition coefficient (Wildman–Crippen LogP) is 1.40. The van der Waals surface area contributed by atoms with Crippen LogP contribution < -0.4 is 10.9 Å². The summed E-state index contributed by atoms with van der Waals surface area (Å²) in [5, 5.41) is 7.83. The summed E-state index contributed by atoms with van der Waals surface area (Å²) in [6, 6.07) is 9.61. The molecule has 0 atom stereocenters. The largest absolute Gasteiger partial charge is 0.340 e. The second-order valence-electron chi connectivity index (χ2n) is 3.89. The van der Waals surface area contributed by atoms with Crippen molar-refractivity contribution in [3.8, 4) is 0 Å². The molecule has 0 aliphatic rings. The first-order valence-electron chi connectivity index (χ1n) is 5.48. The highest BCUT2D eigenvalue weighted by atomic mass is 16.1. The number of hydrogen-bond acceptors (Lipinski definition) is 4. The van der Waals surface area contributed by atoms with E-state index in [0.717, 1.165) is 5.69 Å². The van der Waals surface area contributed by atoms with Crippen LogP contribution in [0.15, 0.2) is 41.5 Å². The average molecular weight is 241 g/mol. The van der Waals surface area contributed by atoms with Crippen LogP contribution >= 0.6 is 0 Å². The highest BCUT2D eigenvalue weighted by molar-refractivity contribution is 5.88. The van der Waals surface area contributed by atoms with E-state index in [9.17, 15) is 4.79 Å². The molecule has 0 bridgehead atoms. The standard InChI is InChI=1S/C12H11N5O/c1-17-11(15-8-5-3-2-4-6-8)9-10(16-17)13-7-14-12(9)18/h2-7,15H,1H3,(H,13,14,16,18). The SMILES string of the molecule is Cn1nc2nc[nH]c(=O)c2c1Nc1ccccc1. The second-order valence-corrected chi connectivity index (χ2v) is 3.89. The molecule has 0 saturated carbocycles. The summed E-state index contributed by atoms with van der Waals surface area (Å²) in [6.07, 6.45) is 1.35. The third kappa shape index (κ3) is 1.64. The van der Waals surface area contributed by atoms with Crippen molar-refractivity contribution in [2.45, 2.75) is 0 Å². The Hall–Kier alpha value is -2.63. The zero-order valence-electron chi connectivity index (χ0n) is 9.71. The van der Waals surface area contributed by atoms with Gasteiger partial charge in [-0.2, -0.15) is 5.10 Å². The molecule has 3 rings (SSSR count). The number of fused-ring (bicyclic) bond motifs is 1. The number of H-pyrrole nitrogens is 1. The molecule has 0 aliphatic heterocycles. The third-order valence-corrected chi connectivity index (χ3v) is 2.67. The highest BCUT2D eigenvalue weighted by Gasteiger charge is 2.13. The quantitative estimate of drug-likeness (QED) is 0.711. The summed E-state index contributed by atoms with van der Waals surface area (Å²) in [6.45, 7) is 0. The van der Waals surface area contributed by atoms with Crippen molar-refractivity contribution in [3.63, 3.8) is 0 Å². The lowest BCUT2D eigenvalue weighted by molar-refractivity contribution is 0.784. The maximum absolute atomic E-state index is 11.8. The first-order chi connectivity index (χ1) is 8.75. The van der Waals surface area contributed by atoms with E-state index >= 15 is 0 Å². The number of aryl methyl sites for hydroxylation is 1. The van der Waals surface area contributed by atoms with Gasteiger partial charge in [-0.3, -0.25) is 4.79 Å². The molecule has 0 radical (unpaired) electrons. The number of rotatable bonds is 2. The van der Waals surface area contributed by atoms with E-state index in [1.165, 1.54) is 6.33 Å². The number of nitrogens with one attached hydrogen (secondary N) is 2. The number of anilines is 2. The Labute approximate surface area is 102 Å². The lowest BCUT2D eigenvalue weighted by atomic mass is 10.3. The Morgan fingerprint density at radius 3 is 2.83 bits per heavy atom. The Morgan fingerprint density at radius 1 is 1.28 bits per heavy atom. The maximum atomic E-state index is 11.8. The van der Waals surface area contributed by atoms with Crippen molar-refractivity contribution in [1.29, 1.82) is 0 Å². The number of aromatic amines is 1. The van der Waals surface area contributed by atoms with Gasteiger partial charge in [0.15, 0.2) is 5.65 Å². The molecule has 3 aromatic rings. The Kier molecular flexibility index (Phi) is 2.33. The molecule has 2 N–H and O–H groups in total. The molecule has 0 spiro atoms. The van der Waals surface area contributed by atoms with Gasteiger partial charge in [0, 0.05) is 12.7 Å². The van der Waals surface area contributed by atoms with Gasteiger partial charge in [0.25, 0.3) is 5.56 Å². The van der Waals surface area contributed by atoms with Crippen LogP contribution in [0.5, 0.6) is 0 Å². The normalized spacial score (nSPS) is 10.7. The van der Waals surface area contributed by atoms with Crippen LogP contribution in [0.3, 0.4) is 0 Å². The van der Waals surface area contributed by atoms with Crippen LogP contribution in [0, 0.1) is 0 Å². The number of para-hydroxylation sites is 1. The van der Waals surface area contributed by atoms with E-state index < -0.39 is 0 Å². The minimum absolute atomic E-state index is 0.202. The van der Waals surface area contributed by atoms with Gasteiger partial charge in [0.1, 0.15) is 11.2 Å². The van der Waals surface area contributed by atoms with Gasteiger partial charge < -0.3 is 10.3 Å². The molecule has 0 fully saturated rings. The van der Waals surface area contributed by atoms with Crippen LogP contribution in [-0.4, -0.2) is 19.7 Å². The van der Waals surface area contributed by atoms with Crippen molar-refractivity contribution in [1.82, 2.24) is 19.7 Å². The summed E-state index contributed by atoms with van der Waals surface area (Å²) >= 11 is 0. The fourth-order valence-corrected chi connectivity index (χ4v) is 1.84. The van der Waals surface area contributed by atoms with Crippen molar-refractivity contribution in [2.75, 3.05) is 5.32 Å². The van der Waals surface area contributed by atoms with Crippen molar-refractivity contribution in [3.05, 3.63) is 47.0 Å². The monoisotopic (exact) mass is 241 g/mol. The molecular formula is C12H11N5O. The molecule has 1 aromatic carbocycles. The summed E-state index contributed by atoms with van der Waals surface area (Å²) in [7, 11) is 1.77. The van der Waals surface area contributed by atoms with Gasteiger partial charge in [-0.25, -0.2) is 9.67 Å². The number of benzene rings is 1. The van der Waals surface area contributed by atoms with Gasteiger partial charge in [-0.1, -0.05) is 18.2 Å². The Balaban J connectivity index is 2.17. The van der Waals surface area contributed by atoms with E-state index in [1.54, 1.807) is 11.7 Å². The Morgan fingerprint density at radius 2 is 2.06 bits per heavy atom. The van der Waals surface area contributed by atoms with E-state index in [0.29, 0.717) is 16.9 Å². The summed E-state index contributed by atoms with van der Waals surface area (Å²) in [5.74, 6) is 0.630. The predicted molar refractivity (Wildman–Crippen MR) is 68.9 cm³/mol. The molecule has 18 heavy (non-hydrogen) atoms. The smallest absolute Gasteiger partial charge is 0.264 e. The number of nitrogens with zero attached hydrogens (tertiary/aromatic N) is 3. The van der Waals surface area contributed by atoms with E-state index in [4.69, 9.17) is 0 Å². The van der Waals surface area contributed by atoms with Gasteiger partial charge in [-0.15, -0.1) is 0 Å². The molecule has 6 heteroatoms. The second kappa shape index (κ2) is 3.99. The van der Waals surface area contributed by atoms with Gasteiger partial charge in [0.2, 0.25) is 0 Å². The van der Waals surface area contributed by atoms with E-state index in [2.05, 4.69) is 20.4 Å². The van der Waals surface area contributed by atoms with Crippen molar-refractivity contribution < 1.29 is 0 Å².